The van der Waals surface area contributed by atoms with Crippen molar-refractivity contribution in [3.63, 3.8) is 0 Å². The van der Waals surface area contributed by atoms with Crippen molar-refractivity contribution >= 4 is 11.6 Å². The highest BCUT2D eigenvalue weighted by atomic mass is 16.3. The Morgan fingerprint density at radius 3 is 2.67 bits per heavy atom. The summed E-state index contributed by atoms with van der Waals surface area (Å²) in [6, 6.07) is 4.26. The highest BCUT2D eigenvalue weighted by molar-refractivity contribution is 6.00. The Morgan fingerprint density at radius 2 is 2.06 bits per heavy atom. The lowest BCUT2D eigenvalue weighted by atomic mass is 9.98. The number of phenols is 1. The Bertz CT molecular complexity index is 454. The van der Waals surface area contributed by atoms with E-state index in [-0.39, 0.29) is 23.8 Å². The standard InChI is InChI=1S/C13H18N2O3/c14-11-4-3-9(17)7-10(11)12(18)15-13(8-16)5-1-2-6-13/h3-4,7,16-17H,1-2,5-6,8,14H2,(H,15,18). The number of hydrogen-bond acceptors (Lipinski definition) is 4. The highest BCUT2D eigenvalue weighted by Crippen LogP contribution is 2.30. The number of phenolic OH excluding ortho intramolecular Hbond substituents is 1. The SMILES string of the molecule is Nc1ccc(O)cc1C(=O)NC1(CO)CCCC1. The van der Waals surface area contributed by atoms with Crippen molar-refractivity contribution in [3.05, 3.63) is 23.8 Å². The van der Waals surface area contributed by atoms with Gasteiger partial charge in [-0.05, 0) is 31.0 Å². The van der Waals surface area contributed by atoms with Crippen molar-refractivity contribution in [2.45, 2.75) is 31.2 Å². The summed E-state index contributed by atoms with van der Waals surface area (Å²) >= 11 is 0. The molecule has 1 aliphatic rings. The minimum atomic E-state index is -0.533. The predicted octanol–water partition coefficient (Wildman–Crippen LogP) is 1.01. The fourth-order valence-electron chi connectivity index (χ4n) is 2.42. The zero-order valence-corrected chi connectivity index (χ0v) is 10.1. The maximum absolute atomic E-state index is 12.1. The van der Waals surface area contributed by atoms with E-state index in [1.807, 2.05) is 0 Å². The van der Waals surface area contributed by atoms with E-state index < -0.39 is 5.54 Å². The normalized spacial score (nSPS) is 17.6. The number of nitrogen functional groups attached to an aromatic ring is 1. The van der Waals surface area contributed by atoms with E-state index in [1.54, 1.807) is 0 Å². The minimum absolute atomic E-state index is 0.00109. The van der Waals surface area contributed by atoms with E-state index in [9.17, 15) is 15.0 Å². The predicted molar refractivity (Wildman–Crippen MR) is 68.3 cm³/mol. The molecule has 1 aromatic rings. The van der Waals surface area contributed by atoms with Crippen LogP contribution in [0.1, 0.15) is 36.0 Å². The minimum Gasteiger partial charge on any atom is -0.508 e. The van der Waals surface area contributed by atoms with Gasteiger partial charge in [-0.25, -0.2) is 0 Å². The van der Waals surface area contributed by atoms with Gasteiger partial charge in [0.05, 0.1) is 17.7 Å². The van der Waals surface area contributed by atoms with Crippen molar-refractivity contribution in [2.75, 3.05) is 12.3 Å². The van der Waals surface area contributed by atoms with Crippen molar-refractivity contribution in [1.82, 2.24) is 5.32 Å². The maximum atomic E-state index is 12.1. The number of hydrogen-bond donors (Lipinski definition) is 4. The van der Waals surface area contributed by atoms with Gasteiger partial charge in [0.1, 0.15) is 5.75 Å². The highest BCUT2D eigenvalue weighted by Gasteiger charge is 2.35. The van der Waals surface area contributed by atoms with Gasteiger partial charge >= 0.3 is 0 Å². The van der Waals surface area contributed by atoms with Gasteiger partial charge in [-0.2, -0.15) is 0 Å². The average Bonchev–Trinajstić information content (AvgIpc) is 2.81. The Morgan fingerprint density at radius 1 is 1.39 bits per heavy atom. The van der Waals surface area contributed by atoms with Gasteiger partial charge < -0.3 is 21.3 Å². The number of carbonyl (C=O) groups is 1. The van der Waals surface area contributed by atoms with E-state index in [0.717, 1.165) is 25.7 Å². The quantitative estimate of drug-likeness (QED) is 0.475. The number of aromatic hydroxyl groups is 1. The van der Waals surface area contributed by atoms with Gasteiger partial charge in [-0.15, -0.1) is 0 Å². The van der Waals surface area contributed by atoms with Crippen LogP contribution in [0.15, 0.2) is 18.2 Å². The molecular weight excluding hydrogens is 232 g/mol. The summed E-state index contributed by atoms with van der Waals surface area (Å²) < 4.78 is 0. The lowest BCUT2D eigenvalue weighted by molar-refractivity contribution is 0.0839. The Hall–Kier alpha value is -1.75. The fourth-order valence-corrected chi connectivity index (χ4v) is 2.42. The Balaban J connectivity index is 2.18. The molecule has 1 aliphatic carbocycles. The second-order valence-corrected chi connectivity index (χ2v) is 4.87. The number of anilines is 1. The number of carbonyl (C=O) groups excluding carboxylic acids is 1. The topological polar surface area (TPSA) is 95.6 Å². The van der Waals surface area contributed by atoms with Gasteiger partial charge in [0.15, 0.2) is 0 Å². The molecule has 0 bridgehead atoms. The zero-order valence-electron chi connectivity index (χ0n) is 10.1. The van der Waals surface area contributed by atoms with Crippen molar-refractivity contribution in [2.24, 2.45) is 0 Å². The third-order valence-corrected chi connectivity index (χ3v) is 3.52. The molecule has 18 heavy (non-hydrogen) atoms. The summed E-state index contributed by atoms with van der Waals surface area (Å²) in [4.78, 5) is 12.1. The second-order valence-electron chi connectivity index (χ2n) is 4.87. The first-order chi connectivity index (χ1) is 8.56. The smallest absolute Gasteiger partial charge is 0.254 e. The molecular formula is C13H18N2O3. The van der Waals surface area contributed by atoms with Crippen LogP contribution < -0.4 is 11.1 Å². The first-order valence-electron chi connectivity index (χ1n) is 6.08. The third-order valence-electron chi connectivity index (χ3n) is 3.52. The summed E-state index contributed by atoms with van der Waals surface area (Å²) in [6.45, 7) is -0.0720. The number of aliphatic hydroxyl groups excluding tert-OH is 1. The summed E-state index contributed by atoms with van der Waals surface area (Å²) in [6.07, 6.45) is 3.54. The number of rotatable bonds is 3. The molecule has 0 atom stereocenters. The molecule has 2 rings (SSSR count). The molecule has 0 saturated heterocycles. The molecule has 0 aliphatic heterocycles. The van der Waals surface area contributed by atoms with Crippen LogP contribution in [0.2, 0.25) is 0 Å². The molecule has 1 saturated carbocycles. The number of nitrogens with two attached hydrogens (primary N) is 1. The van der Waals surface area contributed by atoms with Crippen molar-refractivity contribution in [3.8, 4) is 5.75 Å². The third kappa shape index (κ3) is 2.41. The lowest BCUT2D eigenvalue weighted by Gasteiger charge is -2.28. The Kier molecular flexibility index (Phi) is 3.43. The molecule has 1 amide bonds. The first kappa shape index (κ1) is 12.7. The number of nitrogens with one attached hydrogen (secondary N) is 1. The molecule has 0 radical (unpaired) electrons. The molecule has 1 aromatic carbocycles. The Labute approximate surface area is 106 Å². The van der Waals surface area contributed by atoms with Gasteiger partial charge in [0.2, 0.25) is 0 Å². The van der Waals surface area contributed by atoms with E-state index in [4.69, 9.17) is 5.73 Å². The van der Waals surface area contributed by atoms with E-state index in [2.05, 4.69) is 5.32 Å². The van der Waals surface area contributed by atoms with Crippen LogP contribution in [0.4, 0.5) is 5.69 Å². The molecule has 1 fully saturated rings. The van der Waals surface area contributed by atoms with Gasteiger partial charge in [-0.3, -0.25) is 4.79 Å². The monoisotopic (exact) mass is 250 g/mol. The molecule has 0 heterocycles. The van der Waals surface area contributed by atoms with Crippen LogP contribution in [0, 0.1) is 0 Å². The molecule has 5 heteroatoms. The van der Waals surface area contributed by atoms with E-state index >= 15 is 0 Å². The molecule has 5 N–H and O–H groups in total. The molecule has 0 aromatic heterocycles. The first-order valence-corrected chi connectivity index (χ1v) is 6.08. The second kappa shape index (κ2) is 4.86. The van der Waals surface area contributed by atoms with Gasteiger partial charge in [0, 0.05) is 5.69 Å². The van der Waals surface area contributed by atoms with E-state index in [0.29, 0.717) is 5.69 Å². The van der Waals surface area contributed by atoms with Crippen molar-refractivity contribution in [1.29, 1.82) is 0 Å². The molecule has 5 nitrogen and oxygen atoms in total. The van der Waals surface area contributed by atoms with Gasteiger partial charge in [0.25, 0.3) is 5.91 Å². The van der Waals surface area contributed by atoms with Crippen LogP contribution in [0.3, 0.4) is 0 Å². The van der Waals surface area contributed by atoms with Crippen LogP contribution in [0.5, 0.6) is 5.75 Å². The molecule has 0 unspecified atom stereocenters. The molecule has 98 valence electrons. The molecule has 0 spiro atoms. The van der Waals surface area contributed by atoms with Crippen LogP contribution in [-0.2, 0) is 0 Å². The van der Waals surface area contributed by atoms with Crippen LogP contribution in [-0.4, -0.2) is 28.3 Å². The largest absolute Gasteiger partial charge is 0.508 e. The van der Waals surface area contributed by atoms with Crippen LogP contribution >= 0.6 is 0 Å². The maximum Gasteiger partial charge on any atom is 0.254 e. The number of amides is 1. The summed E-state index contributed by atoms with van der Waals surface area (Å²) in [7, 11) is 0. The lowest BCUT2D eigenvalue weighted by Crippen LogP contribution is -2.49. The summed E-state index contributed by atoms with van der Waals surface area (Å²) in [5.41, 5.74) is 5.74. The summed E-state index contributed by atoms with van der Waals surface area (Å²) in [5.74, 6) is -0.349. The van der Waals surface area contributed by atoms with Crippen molar-refractivity contribution < 1.29 is 15.0 Å². The average molecular weight is 250 g/mol. The summed E-state index contributed by atoms with van der Waals surface area (Å²) in [5, 5.41) is 21.7. The van der Waals surface area contributed by atoms with E-state index in [1.165, 1.54) is 18.2 Å². The van der Waals surface area contributed by atoms with Crippen LogP contribution in [0.25, 0.3) is 0 Å². The number of aliphatic hydroxyl groups is 1. The fraction of sp³-hybridized carbons (Fsp3) is 0.462. The number of benzene rings is 1. The van der Waals surface area contributed by atoms with Gasteiger partial charge in [-0.1, -0.05) is 12.8 Å². The zero-order chi connectivity index (χ0) is 13.2.